The number of nitrogens with one attached hydrogen (secondary N) is 1. The lowest BCUT2D eigenvalue weighted by atomic mass is 10.2. The molecule has 0 aromatic heterocycles. The van der Waals surface area contributed by atoms with Crippen molar-refractivity contribution in [3.63, 3.8) is 0 Å². The van der Waals surface area contributed by atoms with E-state index in [0.29, 0.717) is 30.4 Å². The summed E-state index contributed by atoms with van der Waals surface area (Å²) < 4.78 is 29.4. The first-order valence-electron chi connectivity index (χ1n) is 8.48. The van der Waals surface area contributed by atoms with E-state index in [1.165, 1.54) is 12.1 Å². The molecule has 2 atom stereocenters. The lowest BCUT2D eigenvalue weighted by molar-refractivity contribution is -0.384. The molecule has 142 valence electrons. The molecule has 1 aromatic carbocycles. The van der Waals surface area contributed by atoms with Crippen LogP contribution in [0.3, 0.4) is 0 Å². The van der Waals surface area contributed by atoms with E-state index in [1.807, 2.05) is 4.90 Å². The van der Waals surface area contributed by atoms with Crippen LogP contribution < -0.4 is 5.32 Å². The molecule has 1 aromatic rings. The molecular formula is C16H21N3O5S2. The van der Waals surface area contributed by atoms with Gasteiger partial charge in [0.05, 0.1) is 22.5 Å². The van der Waals surface area contributed by atoms with Crippen molar-refractivity contribution in [3.8, 4) is 0 Å². The quantitative estimate of drug-likeness (QED) is 0.455. The number of non-ortho nitro benzene ring substituents is 1. The molecule has 0 amide bonds. The lowest BCUT2D eigenvalue weighted by Gasteiger charge is -2.33. The van der Waals surface area contributed by atoms with Crippen molar-refractivity contribution in [3.05, 3.63) is 34.4 Å². The minimum absolute atomic E-state index is 0.000401. The van der Waals surface area contributed by atoms with Crippen molar-refractivity contribution < 1.29 is 18.1 Å². The van der Waals surface area contributed by atoms with Gasteiger partial charge in [-0.15, -0.1) is 0 Å². The Kier molecular flexibility index (Phi) is 5.73. The maximum Gasteiger partial charge on any atom is 0.269 e. The normalized spacial score (nSPS) is 24.3. The second-order valence-electron chi connectivity index (χ2n) is 6.58. The van der Waals surface area contributed by atoms with E-state index in [9.17, 15) is 18.5 Å². The van der Waals surface area contributed by atoms with E-state index in [2.05, 4.69) is 5.32 Å². The Balaban J connectivity index is 1.72. The van der Waals surface area contributed by atoms with Gasteiger partial charge in [-0.05, 0) is 43.6 Å². The minimum Gasteiger partial charge on any atom is -0.376 e. The van der Waals surface area contributed by atoms with E-state index >= 15 is 0 Å². The van der Waals surface area contributed by atoms with Gasteiger partial charge < -0.3 is 15.0 Å². The largest absolute Gasteiger partial charge is 0.376 e. The molecule has 0 spiro atoms. The summed E-state index contributed by atoms with van der Waals surface area (Å²) in [5, 5.41) is 14.2. The maximum atomic E-state index is 11.9. The van der Waals surface area contributed by atoms with Gasteiger partial charge in [-0.3, -0.25) is 10.1 Å². The average Bonchev–Trinajstić information content (AvgIpc) is 3.22. The van der Waals surface area contributed by atoms with Crippen molar-refractivity contribution in [2.75, 3.05) is 30.0 Å². The van der Waals surface area contributed by atoms with Gasteiger partial charge >= 0.3 is 0 Å². The topological polar surface area (TPSA) is 102 Å². The number of benzene rings is 1. The molecule has 26 heavy (non-hydrogen) atoms. The Labute approximate surface area is 157 Å². The van der Waals surface area contributed by atoms with Gasteiger partial charge in [0, 0.05) is 37.0 Å². The summed E-state index contributed by atoms with van der Waals surface area (Å²) in [6, 6.07) is 5.78. The molecule has 2 fully saturated rings. The number of nitrogens with zero attached hydrogens (tertiary/aromatic N) is 2. The van der Waals surface area contributed by atoms with Crippen molar-refractivity contribution in [2.24, 2.45) is 0 Å². The Morgan fingerprint density at radius 3 is 2.62 bits per heavy atom. The molecule has 0 radical (unpaired) electrons. The van der Waals surface area contributed by atoms with Gasteiger partial charge in [0.25, 0.3) is 5.69 Å². The van der Waals surface area contributed by atoms with Crippen LogP contribution in [0.4, 0.5) is 11.4 Å². The van der Waals surface area contributed by atoms with E-state index in [1.54, 1.807) is 12.1 Å². The number of rotatable bonds is 5. The van der Waals surface area contributed by atoms with Gasteiger partial charge in [0.1, 0.15) is 0 Å². The number of sulfone groups is 1. The molecule has 2 aliphatic heterocycles. The summed E-state index contributed by atoms with van der Waals surface area (Å²) in [6.07, 6.45) is 2.49. The monoisotopic (exact) mass is 399 g/mol. The molecule has 0 aliphatic carbocycles. The second-order valence-corrected chi connectivity index (χ2v) is 9.19. The number of thiocarbonyl (C=S) groups is 1. The summed E-state index contributed by atoms with van der Waals surface area (Å²) in [6.45, 7) is 1.25. The highest BCUT2D eigenvalue weighted by Gasteiger charge is 2.35. The zero-order chi connectivity index (χ0) is 18.7. The zero-order valence-corrected chi connectivity index (χ0v) is 15.8. The number of hydrogen-bond donors (Lipinski definition) is 1. The van der Waals surface area contributed by atoms with Crippen LogP contribution in [-0.2, 0) is 14.6 Å². The number of anilines is 1. The number of nitro groups is 1. The number of nitro benzene ring substituents is 1. The van der Waals surface area contributed by atoms with Crippen molar-refractivity contribution in [2.45, 2.75) is 31.4 Å². The minimum atomic E-state index is -3.04. The van der Waals surface area contributed by atoms with Crippen LogP contribution in [0.2, 0.25) is 0 Å². The summed E-state index contributed by atoms with van der Waals surface area (Å²) in [7, 11) is -3.04. The van der Waals surface area contributed by atoms with Crippen molar-refractivity contribution >= 4 is 38.5 Å². The number of ether oxygens (including phenoxy) is 1. The molecular weight excluding hydrogens is 378 g/mol. The summed E-state index contributed by atoms with van der Waals surface area (Å²) in [5.74, 6) is 0.252. The second kappa shape index (κ2) is 7.85. The molecule has 2 saturated heterocycles. The average molecular weight is 399 g/mol. The third-order valence-corrected chi connectivity index (χ3v) is 6.75. The van der Waals surface area contributed by atoms with E-state index in [0.717, 1.165) is 12.8 Å². The highest BCUT2D eigenvalue weighted by molar-refractivity contribution is 7.91. The summed E-state index contributed by atoms with van der Waals surface area (Å²) >= 11 is 5.52. The van der Waals surface area contributed by atoms with Gasteiger partial charge in [-0.25, -0.2) is 8.42 Å². The highest BCUT2D eigenvalue weighted by Crippen LogP contribution is 2.23. The maximum absolute atomic E-state index is 11.9. The first kappa shape index (κ1) is 19.0. The van der Waals surface area contributed by atoms with Crippen molar-refractivity contribution in [1.82, 2.24) is 4.90 Å². The molecule has 2 aliphatic rings. The lowest BCUT2D eigenvalue weighted by Crippen LogP contribution is -2.47. The fourth-order valence-corrected chi connectivity index (χ4v) is 5.36. The third kappa shape index (κ3) is 4.68. The van der Waals surface area contributed by atoms with Crippen LogP contribution in [0, 0.1) is 10.1 Å². The van der Waals surface area contributed by atoms with E-state index < -0.39 is 14.8 Å². The molecule has 0 saturated carbocycles. The first-order chi connectivity index (χ1) is 12.3. The SMILES string of the molecule is O=[N+]([O-])c1ccc(NC(=S)N(C[C@H]2CCCO2)[C@@H]2CCS(=O)(=O)C2)cc1. The smallest absolute Gasteiger partial charge is 0.269 e. The molecule has 1 N–H and O–H groups in total. The Hall–Kier alpha value is -1.78. The van der Waals surface area contributed by atoms with Crippen molar-refractivity contribution in [1.29, 1.82) is 0 Å². The van der Waals surface area contributed by atoms with Crippen LogP contribution >= 0.6 is 12.2 Å². The van der Waals surface area contributed by atoms with Gasteiger partial charge in [-0.1, -0.05) is 0 Å². The Morgan fingerprint density at radius 2 is 2.08 bits per heavy atom. The predicted molar refractivity (Wildman–Crippen MR) is 102 cm³/mol. The van der Waals surface area contributed by atoms with Crippen LogP contribution in [0.15, 0.2) is 24.3 Å². The first-order valence-corrected chi connectivity index (χ1v) is 10.7. The van der Waals surface area contributed by atoms with Crippen LogP contribution in [0.1, 0.15) is 19.3 Å². The van der Waals surface area contributed by atoms with Crippen LogP contribution in [0.5, 0.6) is 0 Å². The third-order valence-electron chi connectivity index (χ3n) is 4.66. The summed E-state index contributed by atoms with van der Waals surface area (Å²) in [4.78, 5) is 12.2. The van der Waals surface area contributed by atoms with Crippen LogP contribution in [-0.4, -0.2) is 60.2 Å². The molecule has 8 nitrogen and oxygen atoms in total. The molecule has 0 bridgehead atoms. The molecule has 3 rings (SSSR count). The molecule has 0 unspecified atom stereocenters. The van der Waals surface area contributed by atoms with E-state index in [4.69, 9.17) is 17.0 Å². The fourth-order valence-electron chi connectivity index (χ4n) is 3.29. The molecule has 10 heteroatoms. The number of hydrogen-bond acceptors (Lipinski definition) is 6. The standard InChI is InChI=1S/C16H21N3O5S2/c20-19(21)13-5-3-12(4-6-13)17-16(25)18(10-15-2-1-8-24-15)14-7-9-26(22,23)11-14/h3-6,14-15H,1-2,7-11H2,(H,17,25)/t14-,15-/m1/s1. The summed E-state index contributed by atoms with van der Waals surface area (Å²) in [5.41, 5.74) is 0.623. The fraction of sp³-hybridized carbons (Fsp3) is 0.562. The zero-order valence-electron chi connectivity index (χ0n) is 14.2. The van der Waals surface area contributed by atoms with E-state index in [-0.39, 0.29) is 29.3 Å². The van der Waals surface area contributed by atoms with Gasteiger partial charge in [-0.2, -0.15) is 0 Å². The van der Waals surface area contributed by atoms with Crippen LogP contribution in [0.25, 0.3) is 0 Å². The highest BCUT2D eigenvalue weighted by atomic mass is 32.2. The van der Waals surface area contributed by atoms with Gasteiger partial charge in [0.2, 0.25) is 0 Å². The Morgan fingerprint density at radius 1 is 1.35 bits per heavy atom. The molecule has 2 heterocycles. The predicted octanol–water partition coefficient (Wildman–Crippen LogP) is 1.96. The Bertz CT molecular complexity index is 776. The van der Waals surface area contributed by atoms with Gasteiger partial charge in [0.15, 0.2) is 14.9 Å².